The average molecular weight is 415 g/mol. The van der Waals surface area contributed by atoms with Crippen molar-refractivity contribution < 1.29 is 14.3 Å². The first-order valence-electron chi connectivity index (χ1n) is 9.92. The molecule has 2 amide bonds. The topological polar surface area (TPSA) is 73.9 Å². The lowest BCUT2D eigenvalue weighted by Gasteiger charge is -2.35. The zero-order valence-corrected chi connectivity index (χ0v) is 17.3. The largest absolute Gasteiger partial charge is 0.379 e. The van der Waals surface area contributed by atoms with Gasteiger partial charge in [0, 0.05) is 24.5 Å². The van der Waals surface area contributed by atoms with Crippen molar-refractivity contribution in [3.63, 3.8) is 0 Å². The van der Waals surface area contributed by atoms with Crippen LogP contribution in [0.5, 0.6) is 0 Å². The number of benzene rings is 1. The molecule has 2 aliphatic rings. The zero-order chi connectivity index (χ0) is 20.2. The second-order valence-electron chi connectivity index (χ2n) is 7.30. The maximum absolute atomic E-state index is 13.1. The summed E-state index contributed by atoms with van der Waals surface area (Å²) in [7, 11) is 0. The molecule has 2 unspecified atom stereocenters. The Balaban J connectivity index is 1.45. The van der Waals surface area contributed by atoms with Gasteiger partial charge >= 0.3 is 0 Å². The number of fused-ring (bicyclic) bond motifs is 1. The van der Waals surface area contributed by atoms with E-state index in [4.69, 9.17) is 4.74 Å². The molecule has 2 aliphatic heterocycles. The fraction of sp³-hybridized carbons (Fsp3) is 0.429. The van der Waals surface area contributed by atoms with Crippen molar-refractivity contribution in [2.45, 2.75) is 19.0 Å². The number of carbonyl (C=O) groups excluding carboxylic acids is 2. The van der Waals surface area contributed by atoms with Gasteiger partial charge in [0.25, 0.3) is 0 Å². The summed E-state index contributed by atoms with van der Waals surface area (Å²) in [6.45, 7) is 5.79. The number of anilines is 2. The summed E-state index contributed by atoms with van der Waals surface area (Å²) in [6.07, 6.45) is 0. The molecular weight excluding hydrogens is 388 g/mol. The fourth-order valence-electron chi connectivity index (χ4n) is 3.82. The van der Waals surface area contributed by atoms with Crippen molar-refractivity contribution in [2.75, 3.05) is 49.6 Å². The number of carbonyl (C=O) groups is 2. The lowest BCUT2D eigenvalue weighted by molar-refractivity contribution is -0.123. The number of ether oxygens (including phenoxy) is 1. The van der Waals surface area contributed by atoms with Crippen LogP contribution < -0.4 is 15.5 Å². The van der Waals surface area contributed by atoms with E-state index in [0.29, 0.717) is 12.2 Å². The number of para-hydroxylation sites is 2. The van der Waals surface area contributed by atoms with Crippen LogP contribution in [-0.2, 0) is 14.3 Å². The summed E-state index contributed by atoms with van der Waals surface area (Å²) < 4.78 is 5.50. The number of nitrogens with zero attached hydrogens (tertiary/aromatic N) is 2. The number of nitrogens with one attached hydrogen (secondary N) is 2. The van der Waals surface area contributed by atoms with Crippen molar-refractivity contribution in [3.05, 3.63) is 46.7 Å². The van der Waals surface area contributed by atoms with E-state index in [1.807, 2.05) is 31.2 Å². The number of amides is 2. The smallest absolute Gasteiger partial charge is 0.244 e. The van der Waals surface area contributed by atoms with Crippen LogP contribution >= 0.6 is 11.3 Å². The van der Waals surface area contributed by atoms with Gasteiger partial charge in [-0.1, -0.05) is 18.2 Å². The molecule has 1 aromatic heterocycles. The Bertz CT molecular complexity index is 851. The minimum atomic E-state index is -0.405. The van der Waals surface area contributed by atoms with Gasteiger partial charge in [-0.25, -0.2) is 0 Å². The number of morpholine rings is 1. The Morgan fingerprint density at radius 1 is 1.24 bits per heavy atom. The molecule has 0 aliphatic carbocycles. The highest BCUT2D eigenvalue weighted by Crippen LogP contribution is 2.30. The van der Waals surface area contributed by atoms with Gasteiger partial charge in [-0.15, -0.1) is 11.3 Å². The minimum absolute atomic E-state index is 0.0414. The molecule has 2 N–H and O–H groups in total. The predicted molar refractivity (Wildman–Crippen MR) is 114 cm³/mol. The maximum atomic E-state index is 13.1. The van der Waals surface area contributed by atoms with Crippen LogP contribution in [0.2, 0.25) is 0 Å². The first-order valence-corrected chi connectivity index (χ1v) is 10.8. The normalized spacial score (nSPS) is 19.3. The molecule has 2 aromatic rings. The Labute approximate surface area is 174 Å². The predicted octanol–water partition coefficient (Wildman–Crippen LogP) is 2.08. The third-order valence-electron chi connectivity index (χ3n) is 5.38. The van der Waals surface area contributed by atoms with Crippen LogP contribution in [0.3, 0.4) is 0 Å². The highest BCUT2D eigenvalue weighted by atomic mass is 32.1. The fourth-order valence-corrected chi connectivity index (χ4v) is 4.68. The van der Waals surface area contributed by atoms with Crippen LogP contribution in [-0.4, -0.2) is 62.1 Å². The third kappa shape index (κ3) is 4.51. The van der Waals surface area contributed by atoms with E-state index >= 15 is 0 Å². The molecule has 1 saturated heterocycles. The van der Waals surface area contributed by atoms with Crippen molar-refractivity contribution >= 4 is 34.5 Å². The molecule has 0 saturated carbocycles. The Morgan fingerprint density at radius 3 is 2.79 bits per heavy atom. The number of hydrogen-bond donors (Lipinski definition) is 2. The van der Waals surface area contributed by atoms with E-state index in [1.54, 1.807) is 16.2 Å². The van der Waals surface area contributed by atoms with E-state index in [-0.39, 0.29) is 24.4 Å². The van der Waals surface area contributed by atoms with Crippen LogP contribution in [0.1, 0.15) is 17.8 Å². The summed E-state index contributed by atoms with van der Waals surface area (Å²) in [6, 6.07) is 11.4. The number of rotatable bonds is 6. The molecule has 1 fully saturated rings. The number of thiophene rings is 1. The van der Waals surface area contributed by atoms with Crippen LogP contribution in [0.25, 0.3) is 0 Å². The highest BCUT2D eigenvalue weighted by Gasteiger charge is 2.30. The van der Waals surface area contributed by atoms with Crippen LogP contribution in [0, 0.1) is 0 Å². The van der Waals surface area contributed by atoms with Crippen LogP contribution in [0.4, 0.5) is 11.4 Å². The SMILES string of the molecule is CC(NCC(c1cccs1)N1CCOCC1)C(=O)N1CC(=O)Nc2ccccc21. The van der Waals surface area contributed by atoms with Crippen molar-refractivity contribution in [3.8, 4) is 0 Å². The standard InChI is InChI=1S/C21H26N4O3S/c1-15(21(27)25-14-20(26)23-16-5-2-3-6-17(16)25)22-13-18(19-7-4-12-29-19)24-8-10-28-11-9-24/h2-7,12,15,18,22H,8-11,13-14H2,1H3,(H,23,26). The monoisotopic (exact) mass is 414 g/mol. The van der Waals surface area contributed by atoms with Gasteiger partial charge in [0.15, 0.2) is 0 Å². The molecule has 1 aromatic carbocycles. The lowest BCUT2D eigenvalue weighted by atomic mass is 10.1. The van der Waals surface area contributed by atoms with Crippen molar-refractivity contribution in [2.24, 2.45) is 0 Å². The summed E-state index contributed by atoms with van der Waals surface area (Å²) in [4.78, 5) is 30.4. The first kappa shape index (κ1) is 20.0. The minimum Gasteiger partial charge on any atom is -0.379 e. The zero-order valence-electron chi connectivity index (χ0n) is 16.5. The average Bonchev–Trinajstić information content (AvgIpc) is 3.28. The van der Waals surface area contributed by atoms with Gasteiger partial charge in [0.05, 0.1) is 36.7 Å². The second kappa shape index (κ2) is 9.04. The summed E-state index contributed by atoms with van der Waals surface area (Å²) in [5.74, 6) is -0.270. The molecule has 3 heterocycles. The van der Waals surface area contributed by atoms with Gasteiger partial charge in [0.2, 0.25) is 11.8 Å². The first-order chi connectivity index (χ1) is 14.1. The lowest BCUT2D eigenvalue weighted by Crippen LogP contribution is -2.51. The van der Waals surface area contributed by atoms with Crippen molar-refractivity contribution in [1.82, 2.24) is 10.2 Å². The maximum Gasteiger partial charge on any atom is 0.244 e. The molecule has 2 atom stereocenters. The second-order valence-corrected chi connectivity index (χ2v) is 8.28. The van der Waals surface area contributed by atoms with Crippen molar-refractivity contribution in [1.29, 1.82) is 0 Å². The summed E-state index contributed by atoms with van der Waals surface area (Å²) in [5, 5.41) is 8.32. The molecule has 29 heavy (non-hydrogen) atoms. The van der Waals surface area contributed by atoms with Gasteiger partial charge in [-0.05, 0) is 30.5 Å². The molecule has 4 rings (SSSR count). The van der Waals surface area contributed by atoms with E-state index in [1.165, 1.54) is 4.88 Å². The Kier molecular flexibility index (Phi) is 6.25. The van der Waals surface area contributed by atoms with Gasteiger partial charge in [-0.3, -0.25) is 19.4 Å². The molecular formula is C21H26N4O3S. The van der Waals surface area contributed by atoms with E-state index < -0.39 is 6.04 Å². The summed E-state index contributed by atoms with van der Waals surface area (Å²) >= 11 is 1.73. The Hall–Kier alpha value is -2.26. The number of hydrogen-bond acceptors (Lipinski definition) is 6. The van der Waals surface area contributed by atoms with E-state index in [2.05, 4.69) is 33.0 Å². The third-order valence-corrected chi connectivity index (χ3v) is 6.36. The molecule has 8 heteroatoms. The van der Waals surface area contributed by atoms with E-state index in [0.717, 1.165) is 32.0 Å². The Morgan fingerprint density at radius 2 is 2.03 bits per heavy atom. The van der Waals surface area contributed by atoms with Gasteiger partial charge < -0.3 is 15.4 Å². The molecule has 0 bridgehead atoms. The van der Waals surface area contributed by atoms with Crippen LogP contribution in [0.15, 0.2) is 41.8 Å². The molecule has 0 spiro atoms. The van der Waals surface area contributed by atoms with Gasteiger partial charge in [-0.2, -0.15) is 0 Å². The quantitative estimate of drug-likeness (QED) is 0.757. The molecule has 7 nitrogen and oxygen atoms in total. The molecule has 154 valence electrons. The van der Waals surface area contributed by atoms with E-state index in [9.17, 15) is 9.59 Å². The summed E-state index contributed by atoms with van der Waals surface area (Å²) in [5.41, 5.74) is 1.42. The highest BCUT2D eigenvalue weighted by molar-refractivity contribution is 7.10. The molecule has 0 radical (unpaired) electrons. The van der Waals surface area contributed by atoms with Gasteiger partial charge in [0.1, 0.15) is 6.54 Å².